The fourth-order valence-electron chi connectivity index (χ4n) is 5.16. The predicted molar refractivity (Wildman–Crippen MR) is 115 cm³/mol. The number of ether oxygens (including phenoxy) is 1. The van der Waals surface area contributed by atoms with Gasteiger partial charge in [-0.1, -0.05) is 19.9 Å². The van der Waals surface area contributed by atoms with Crippen molar-refractivity contribution in [3.8, 4) is 0 Å². The number of alkyl halides is 3. The largest absolute Gasteiger partial charge is 0.408 e. The predicted octanol–water partition coefficient (Wildman–Crippen LogP) is 2.86. The molecule has 0 amide bonds. The molecular formula is C22H31F3N4O3. The van der Waals surface area contributed by atoms with Crippen molar-refractivity contribution in [1.82, 2.24) is 9.55 Å². The third kappa shape index (κ3) is 3.81. The van der Waals surface area contributed by atoms with Crippen LogP contribution in [-0.2, 0) is 11.3 Å². The van der Waals surface area contributed by atoms with Gasteiger partial charge in [0.15, 0.2) is 0 Å². The van der Waals surface area contributed by atoms with E-state index in [2.05, 4.69) is 11.6 Å². The van der Waals surface area contributed by atoms with Crippen LogP contribution in [0.2, 0.25) is 0 Å². The van der Waals surface area contributed by atoms with E-state index < -0.39 is 23.4 Å². The first kappa shape index (κ1) is 23.1. The average molecular weight is 457 g/mol. The van der Waals surface area contributed by atoms with Crippen molar-refractivity contribution in [3.05, 3.63) is 29.1 Å². The number of nitrogens with zero attached hydrogens (tertiary/aromatic N) is 4. The van der Waals surface area contributed by atoms with Gasteiger partial charge in [0.1, 0.15) is 11.9 Å². The molecule has 4 rings (SSSR count). The minimum Gasteiger partial charge on any atom is -0.390 e. The minimum absolute atomic E-state index is 0.0125. The van der Waals surface area contributed by atoms with Gasteiger partial charge in [0.25, 0.3) is 5.56 Å². The maximum Gasteiger partial charge on any atom is 0.408 e. The molecule has 3 aliphatic heterocycles. The highest BCUT2D eigenvalue weighted by molar-refractivity contribution is 5.52. The monoisotopic (exact) mass is 456 g/mol. The fourth-order valence-corrected chi connectivity index (χ4v) is 5.16. The summed E-state index contributed by atoms with van der Waals surface area (Å²) in [5.41, 5.74) is -1.94. The summed E-state index contributed by atoms with van der Waals surface area (Å²) in [6.45, 7) is 8.37. The van der Waals surface area contributed by atoms with Gasteiger partial charge in [-0.05, 0) is 25.7 Å². The highest BCUT2D eigenvalue weighted by Gasteiger charge is 2.52. The molecule has 2 fully saturated rings. The summed E-state index contributed by atoms with van der Waals surface area (Å²) in [5.74, 6) is 0.361. The molecule has 32 heavy (non-hydrogen) atoms. The van der Waals surface area contributed by atoms with E-state index in [9.17, 15) is 23.1 Å². The third-order valence-corrected chi connectivity index (χ3v) is 7.48. The second-order valence-electron chi connectivity index (χ2n) is 9.18. The summed E-state index contributed by atoms with van der Waals surface area (Å²) in [6, 6.07) is -0.356. The van der Waals surface area contributed by atoms with E-state index in [1.165, 1.54) is 10.6 Å². The Kier molecular flexibility index (Phi) is 5.82. The fraction of sp³-hybridized carbons (Fsp3) is 0.727. The lowest BCUT2D eigenvalue weighted by Crippen LogP contribution is -2.54. The number of aliphatic hydroxyl groups is 1. The molecule has 3 aliphatic rings. The number of halogens is 3. The average Bonchev–Trinajstić information content (AvgIpc) is 3.35. The molecule has 7 nitrogen and oxygen atoms in total. The van der Waals surface area contributed by atoms with Crippen molar-refractivity contribution in [2.75, 3.05) is 29.5 Å². The lowest BCUT2D eigenvalue weighted by atomic mass is 9.93. The second-order valence-corrected chi connectivity index (χ2v) is 9.18. The Bertz CT molecular complexity index is 930. The first-order valence-electron chi connectivity index (χ1n) is 11.3. The number of morpholine rings is 1. The first-order valence-corrected chi connectivity index (χ1v) is 11.3. The Hall–Kier alpha value is -2.07. The van der Waals surface area contributed by atoms with Crippen molar-refractivity contribution in [3.63, 3.8) is 0 Å². The van der Waals surface area contributed by atoms with Gasteiger partial charge >= 0.3 is 6.18 Å². The molecule has 2 saturated heterocycles. The van der Waals surface area contributed by atoms with Crippen LogP contribution >= 0.6 is 0 Å². The Morgan fingerprint density at radius 1 is 1.38 bits per heavy atom. The lowest BCUT2D eigenvalue weighted by Gasteiger charge is -2.42. The molecule has 0 saturated carbocycles. The van der Waals surface area contributed by atoms with E-state index in [-0.39, 0.29) is 43.5 Å². The molecular weight excluding hydrogens is 425 g/mol. The van der Waals surface area contributed by atoms with Crippen LogP contribution in [0, 0.1) is 0 Å². The topological polar surface area (TPSA) is 70.8 Å². The van der Waals surface area contributed by atoms with Crippen molar-refractivity contribution >= 4 is 11.8 Å². The quantitative estimate of drug-likeness (QED) is 0.637. The van der Waals surface area contributed by atoms with Crippen LogP contribution in [0.3, 0.4) is 0 Å². The van der Waals surface area contributed by atoms with Crippen LogP contribution in [0.25, 0.3) is 0 Å². The number of hydrogen-bond donors (Lipinski definition) is 1. The standard InChI is InChI=1S/C22H31F3N4O3/c1-4-20-12-15(32-14-20)13-29(20)17-11-18(30)28-9-7-16(22(23,24)25)27(19(28)26-17)10-8-21(31,5-2)6-3/h4,11,15-16,31H,1,5-10,12-14H2,2-3H3/t15-,16-,20?/m0/s1. The highest BCUT2D eigenvalue weighted by Crippen LogP contribution is 2.42. The molecule has 1 aromatic heterocycles. The van der Waals surface area contributed by atoms with Crippen LogP contribution in [0.5, 0.6) is 0 Å². The summed E-state index contributed by atoms with van der Waals surface area (Å²) in [7, 11) is 0. The van der Waals surface area contributed by atoms with Gasteiger partial charge in [0.05, 0.1) is 23.9 Å². The zero-order chi connectivity index (χ0) is 23.3. The van der Waals surface area contributed by atoms with Crippen molar-refractivity contribution in [1.29, 1.82) is 0 Å². The van der Waals surface area contributed by atoms with E-state index in [0.717, 1.165) is 4.90 Å². The van der Waals surface area contributed by atoms with Gasteiger partial charge < -0.3 is 19.6 Å². The first-order chi connectivity index (χ1) is 15.1. The van der Waals surface area contributed by atoms with Gasteiger partial charge in [0.2, 0.25) is 5.95 Å². The van der Waals surface area contributed by atoms with Gasteiger partial charge in [-0.3, -0.25) is 9.36 Å². The number of rotatable bonds is 7. The summed E-state index contributed by atoms with van der Waals surface area (Å²) in [6.07, 6.45) is -1.21. The van der Waals surface area contributed by atoms with E-state index in [1.807, 2.05) is 18.7 Å². The van der Waals surface area contributed by atoms with Crippen LogP contribution in [0.4, 0.5) is 24.9 Å². The summed E-state index contributed by atoms with van der Waals surface area (Å²) < 4.78 is 48.9. The zero-order valence-electron chi connectivity index (χ0n) is 18.6. The van der Waals surface area contributed by atoms with Crippen molar-refractivity contribution in [2.24, 2.45) is 0 Å². The van der Waals surface area contributed by atoms with Gasteiger partial charge in [0, 0.05) is 32.1 Å². The van der Waals surface area contributed by atoms with Gasteiger partial charge in [-0.2, -0.15) is 18.2 Å². The van der Waals surface area contributed by atoms with Crippen molar-refractivity contribution in [2.45, 2.75) is 82.0 Å². The maximum atomic E-state index is 13.9. The Morgan fingerprint density at radius 3 is 2.69 bits per heavy atom. The molecule has 0 aromatic carbocycles. The lowest BCUT2D eigenvalue weighted by molar-refractivity contribution is -0.153. The van der Waals surface area contributed by atoms with Crippen LogP contribution in [0.1, 0.15) is 46.0 Å². The summed E-state index contributed by atoms with van der Waals surface area (Å²) in [5, 5.41) is 10.7. The zero-order valence-corrected chi connectivity index (χ0v) is 18.6. The molecule has 2 bridgehead atoms. The Labute approximate surface area is 185 Å². The summed E-state index contributed by atoms with van der Waals surface area (Å²) >= 11 is 0. The molecule has 4 heterocycles. The number of anilines is 2. The van der Waals surface area contributed by atoms with E-state index in [0.29, 0.717) is 38.2 Å². The molecule has 10 heteroatoms. The normalized spacial score (nSPS) is 27.7. The Morgan fingerprint density at radius 2 is 2.09 bits per heavy atom. The number of hydrogen-bond acceptors (Lipinski definition) is 6. The van der Waals surface area contributed by atoms with Crippen molar-refractivity contribution < 1.29 is 23.0 Å². The second kappa shape index (κ2) is 8.06. The minimum atomic E-state index is -4.47. The summed E-state index contributed by atoms with van der Waals surface area (Å²) in [4.78, 5) is 20.6. The van der Waals surface area contributed by atoms with Crippen LogP contribution in [0.15, 0.2) is 23.5 Å². The number of fused-ring (bicyclic) bond motifs is 3. The maximum absolute atomic E-state index is 13.9. The molecule has 3 atom stereocenters. The molecule has 1 aromatic rings. The molecule has 1 N–H and O–H groups in total. The van der Waals surface area contributed by atoms with E-state index in [4.69, 9.17) is 4.74 Å². The van der Waals surface area contributed by atoms with E-state index in [1.54, 1.807) is 6.08 Å². The van der Waals surface area contributed by atoms with Crippen LogP contribution in [-0.4, -0.2) is 63.8 Å². The number of aromatic nitrogens is 2. The highest BCUT2D eigenvalue weighted by atomic mass is 19.4. The van der Waals surface area contributed by atoms with Gasteiger partial charge in [-0.25, -0.2) is 0 Å². The SMILES string of the molecule is C=CC12CO[C@H](CN1c1cc(=O)n3c(n1)N(CCC(O)(CC)CC)[C@H](C(F)(F)F)CC3)C2. The smallest absolute Gasteiger partial charge is 0.390 e. The molecule has 1 unspecified atom stereocenters. The molecule has 0 radical (unpaired) electrons. The van der Waals surface area contributed by atoms with Gasteiger partial charge in [-0.15, -0.1) is 6.58 Å². The molecule has 0 aliphatic carbocycles. The molecule has 178 valence electrons. The molecule has 0 spiro atoms. The van der Waals surface area contributed by atoms with Crippen LogP contribution < -0.4 is 15.4 Å². The van der Waals surface area contributed by atoms with E-state index >= 15 is 0 Å². The third-order valence-electron chi connectivity index (χ3n) is 7.48. The Balaban J connectivity index is 1.74.